The summed E-state index contributed by atoms with van der Waals surface area (Å²) in [5, 5.41) is 19.3. The molecule has 30 heavy (non-hydrogen) atoms. The number of ketones is 1. The van der Waals surface area contributed by atoms with E-state index >= 15 is 0 Å². The van der Waals surface area contributed by atoms with Gasteiger partial charge in [0, 0.05) is 23.7 Å². The van der Waals surface area contributed by atoms with Crippen molar-refractivity contribution in [3.05, 3.63) is 58.7 Å². The second-order valence-electron chi connectivity index (χ2n) is 9.80. The number of fused-ring (bicyclic) bond motifs is 1. The number of nitrogens with one attached hydrogen (secondary N) is 1. The third kappa shape index (κ3) is 4.17. The summed E-state index contributed by atoms with van der Waals surface area (Å²) in [5.74, 6) is 0.191. The number of para-hydroxylation sites is 2. The van der Waals surface area contributed by atoms with Crippen LogP contribution in [0.3, 0.4) is 0 Å². The number of hydrogen-bond acceptors (Lipinski definition) is 3. The van der Waals surface area contributed by atoms with Crippen LogP contribution in [0.1, 0.15) is 63.0 Å². The average molecular weight is 430 g/mol. The number of phenols is 1. The van der Waals surface area contributed by atoms with E-state index in [1.54, 1.807) is 9.13 Å². The van der Waals surface area contributed by atoms with Gasteiger partial charge >= 0.3 is 0 Å². The summed E-state index contributed by atoms with van der Waals surface area (Å²) in [5.41, 5.74) is 3.56. The maximum absolute atomic E-state index is 13.3. The fourth-order valence-corrected chi connectivity index (χ4v) is 3.72. The summed E-state index contributed by atoms with van der Waals surface area (Å²) in [7, 11) is 1.83. The third-order valence-electron chi connectivity index (χ3n) is 5.46. The first-order valence-electron chi connectivity index (χ1n) is 9.92. The maximum atomic E-state index is 13.3. The quantitative estimate of drug-likeness (QED) is 0.571. The summed E-state index contributed by atoms with van der Waals surface area (Å²) >= 11 is 0. The second kappa shape index (κ2) is 7.95. The number of phenolic OH excluding ortho intramolecular Hbond substituents is 1. The SMILES string of the molecule is Cl.Cn1c(=N)n(CC(=O)c2cc(C(C)(C)C)c(O)c(C(C)(C)C)c2)c2ccccc21. The lowest BCUT2D eigenvalue weighted by Gasteiger charge is -2.28. The van der Waals surface area contributed by atoms with Crippen LogP contribution in [0.5, 0.6) is 5.75 Å². The van der Waals surface area contributed by atoms with E-state index in [4.69, 9.17) is 5.41 Å². The van der Waals surface area contributed by atoms with Crippen molar-refractivity contribution >= 4 is 29.2 Å². The lowest BCUT2D eigenvalue weighted by Crippen LogP contribution is -2.26. The van der Waals surface area contributed by atoms with Crippen molar-refractivity contribution in [3.63, 3.8) is 0 Å². The van der Waals surface area contributed by atoms with Crippen LogP contribution in [-0.4, -0.2) is 20.0 Å². The molecule has 2 N–H and O–H groups in total. The summed E-state index contributed by atoms with van der Waals surface area (Å²) in [6, 6.07) is 11.3. The number of aromatic hydroxyl groups is 1. The van der Waals surface area contributed by atoms with Gasteiger partial charge in [-0.3, -0.25) is 10.2 Å². The Labute approximate surface area is 184 Å². The van der Waals surface area contributed by atoms with Crippen LogP contribution in [0, 0.1) is 5.41 Å². The molecule has 0 radical (unpaired) electrons. The van der Waals surface area contributed by atoms with Gasteiger partial charge in [0.05, 0.1) is 17.6 Å². The van der Waals surface area contributed by atoms with E-state index in [9.17, 15) is 9.90 Å². The molecule has 3 aromatic rings. The number of Topliss-reactive ketones (excluding diaryl/α,β-unsaturated/α-hetero) is 1. The minimum atomic E-state index is -0.298. The molecule has 5 nitrogen and oxygen atoms in total. The van der Waals surface area contributed by atoms with E-state index in [0.29, 0.717) is 5.56 Å². The van der Waals surface area contributed by atoms with E-state index in [1.165, 1.54) is 0 Å². The number of imidazole rings is 1. The number of halogens is 1. The van der Waals surface area contributed by atoms with Gasteiger partial charge in [-0.2, -0.15) is 0 Å². The zero-order valence-electron chi connectivity index (χ0n) is 18.8. The molecule has 3 rings (SSSR count). The Hall–Kier alpha value is -2.53. The van der Waals surface area contributed by atoms with Gasteiger partial charge in [-0.1, -0.05) is 53.7 Å². The van der Waals surface area contributed by atoms with Crippen LogP contribution >= 0.6 is 12.4 Å². The molecule has 0 amide bonds. The van der Waals surface area contributed by atoms with Gasteiger partial charge in [-0.05, 0) is 35.1 Å². The van der Waals surface area contributed by atoms with Crippen LogP contribution in [0.15, 0.2) is 36.4 Å². The molecule has 0 bridgehead atoms. The fraction of sp³-hybridized carbons (Fsp3) is 0.417. The van der Waals surface area contributed by atoms with E-state index in [0.717, 1.165) is 22.2 Å². The van der Waals surface area contributed by atoms with Crippen molar-refractivity contribution in [1.29, 1.82) is 5.41 Å². The molecule has 0 fully saturated rings. The van der Waals surface area contributed by atoms with Crippen molar-refractivity contribution in [1.82, 2.24) is 9.13 Å². The Bertz CT molecular complexity index is 1120. The maximum Gasteiger partial charge on any atom is 0.203 e. The molecule has 0 aliphatic carbocycles. The summed E-state index contributed by atoms with van der Waals surface area (Å²) in [4.78, 5) is 13.3. The first-order chi connectivity index (χ1) is 13.3. The van der Waals surface area contributed by atoms with Crippen molar-refractivity contribution in [2.75, 3.05) is 0 Å². The molecule has 1 aromatic heterocycles. The van der Waals surface area contributed by atoms with Gasteiger partial charge < -0.3 is 14.2 Å². The lowest BCUT2D eigenvalue weighted by molar-refractivity contribution is 0.0971. The first kappa shape index (κ1) is 23.7. The predicted molar refractivity (Wildman–Crippen MR) is 124 cm³/mol. The van der Waals surface area contributed by atoms with Gasteiger partial charge in [0.1, 0.15) is 5.75 Å². The van der Waals surface area contributed by atoms with Crippen molar-refractivity contribution in [2.24, 2.45) is 7.05 Å². The number of hydrogen-bond donors (Lipinski definition) is 2. The van der Waals surface area contributed by atoms with Crippen LogP contribution < -0.4 is 5.62 Å². The number of nitrogens with zero attached hydrogens (tertiary/aromatic N) is 2. The summed E-state index contributed by atoms with van der Waals surface area (Å²) < 4.78 is 3.51. The molecule has 2 aromatic carbocycles. The molecule has 0 aliphatic rings. The fourth-order valence-electron chi connectivity index (χ4n) is 3.72. The third-order valence-corrected chi connectivity index (χ3v) is 5.46. The van der Waals surface area contributed by atoms with Gasteiger partial charge in [-0.15, -0.1) is 12.4 Å². The van der Waals surface area contributed by atoms with Crippen molar-refractivity contribution < 1.29 is 9.90 Å². The Balaban J connectivity index is 0.00000320. The number of aromatic nitrogens is 2. The minimum absolute atomic E-state index is 0. The highest BCUT2D eigenvalue weighted by atomic mass is 35.5. The highest BCUT2D eigenvalue weighted by molar-refractivity contribution is 5.97. The first-order valence-corrected chi connectivity index (χ1v) is 9.92. The van der Waals surface area contributed by atoms with Gasteiger partial charge in [0.25, 0.3) is 0 Å². The Morgan fingerprint density at radius 3 is 1.90 bits per heavy atom. The van der Waals surface area contributed by atoms with E-state index < -0.39 is 0 Å². The highest BCUT2D eigenvalue weighted by Gasteiger charge is 2.28. The molecular weight excluding hydrogens is 398 g/mol. The predicted octanol–water partition coefficient (Wildman–Crippen LogP) is 5.06. The zero-order valence-corrected chi connectivity index (χ0v) is 19.6. The molecule has 0 saturated carbocycles. The van der Waals surface area contributed by atoms with Gasteiger partial charge in [0.2, 0.25) is 5.62 Å². The Morgan fingerprint density at radius 2 is 1.43 bits per heavy atom. The second-order valence-corrected chi connectivity index (χ2v) is 9.80. The molecule has 0 atom stereocenters. The van der Waals surface area contributed by atoms with E-state index in [2.05, 4.69) is 0 Å². The van der Waals surface area contributed by atoms with Crippen LogP contribution in [-0.2, 0) is 24.4 Å². The van der Waals surface area contributed by atoms with Gasteiger partial charge in [0.15, 0.2) is 5.78 Å². The molecule has 0 aliphatic heterocycles. The molecule has 0 unspecified atom stereocenters. The van der Waals surface area contributed by atoms with Crippen LogP contribution in [0.25, 0.3) is 11.0 Å². The molecule has 6 heteroatoms. The van der Waals surface area contributed by atoms with Crippen LogP contribution in [0.4, 0.5) is 0 Å². The Morgan fingerprint density at radius 1 is 0.967 bits per heavy atom. The summed E-state index contributed by atoms with van der Waals surface area (Å²) in [6.45, 7) is 12.3. The zero-order chi connectivity index (χ0) is 21.7. The Kier molecular flexibility index (Phi) is 6.29. The van der Waals surface area contributed by atoms with Crippen molar-refractivity contribution in [2.45, 2.75) is 58.9 Å². The topological polar surface area (TPSA) is 71.0 Å². The smallest absolute Gasteiger partial charge is 0.203 e. The largest absolute Gasteiger partial charge is 0.507 e. The monoisotopic (exact) mass is 429 g/mol. The summed E-state index contributed by atoms with van der Waals surface area (Å²) in [6.07, 6.45) is 0. The number of rotatable bonds is 3. The van der Waals surface area contributed by atoms with Crippen LogP contribution in [0.2, 0.25) is 0 Å². The van der Waals surface area contributed by atoms with Gasteiger partial charge in [-0.25, -0.2) is 0 Å². The normalized spacial score (nSPS) is 12.1. The lowest BCUT2D eigenvalue weighted by atomic mass is 9.78. The highest BCUT2D eigenvalue weighted by Crippen LogP contribution is 2.39. The molecular formula is C24H32ClN3O2. The minimum Gasteiger partial charge on any atom is -0.507 e. The van der Waals surface area contributed by atoms with E-state index in [-0.39, 0.29) is 46.9 Å². The average Bonchev–Trinajstić information content (AvgIpc) is 2.85. The molecule has 1 heterocycles. The van der Waals surface area contributed by atoms with E-state index in [1.807, 2.05) is 85.0 Å². The number of aryl methyl sites for hydroxylation is 1. The van der Waals surface area contributed by atoms with Crippen molar-refractivity contribution in [3.8, 4) is 5.75 Å². The molecule has 0 saturated heterocycles. The number of benzene rings is 2. The standard InChI is InChI=1S/C24H31N3O2.ClH/c1-23(2,3)16-12-15(13-17(21(16)29)24(4,5)6)20(28)14-27-19-11-9-8-10-18(19)26(7)22(27)25;/h8-13,25,29H,14H2,1-7H3;1H. The number of carbonyl (C=O) groups is 1. The molecule has 162 valence electrons. The number of carbonyl (C=O) groups excluding carboxylic acids is 1. The molecule has 0 spiro atoms.